The summed E-state index contributed by atoms with van der Waals surface area (Å²) in [5.74, 6) is 2.22. The van der Waals surface area contributed by atoms with Crippen LogP contribution in [0, 0.1) is 0 Å². The van der Waals surface area contributed by atoms with Crippen molar-refractivity contribution in [3.8, 4) is 11.5 Å². The van der Waals surface area contributed by atoms with Gasteiger partial charge in [0.1, 0.15) is 0 Å². The molecule has 0 amide bonds. The first-order chi connectivity index (χ1) is 8.67. The minimum absolute atomic E-state index is 0.131. The summed E-state index contributed by atoms with van der Waals surface area (Å²) in [6.45, 7) is 7.52. The molecule has 2 N–H and O–H groups in total. The Hall–Kier alpha value is -1.22. The molecule has 2 rings (SSSR count). The zero-order chi connectivity index (χ0) is 13.1. The van der Waals surface area contributed by atoms with Crippen LogP contribution in [0.3, 0.4) is 0 Å². The summed E-state index contributed by atoms with van der Waals surface area (Å²) < 4.78 is 11.3. The Morgan fingerprint density at radius 1 is 1.06 bits per heavy atom. The van der Waals surface area contributed by atoms with Crippen LogP contribution >= 0.6 is 0 Å². The lowest BCUT2D eigenvalue weighted by molar-refractivity contribution is 0.286. The third-order valence-corrected chi connectivity index (χ3v) is 3.59. The van der Waals surface area contributed by atoms with Crippen LogP contribution in [0.25, 0.3) is 0 Å². The number of nitrogens with two attached hydrogens (primary N) is 1. The second-order valence-electron chi connectivity index (χ2n) is 4.88. The molecule has 1 aliphatic carbocycles. The van der Waals surface area contributed by atoms with Crippen LogP contribution in [0.5, 0.6) is 11.5 Å². The van der Waals surface area contributed by atoms with E-state index < -0.39 is 0 Å². The minimum atomic E-state index is 0.131. The Morgan fingerprint density at radius 2 is 1.61 bits per heavy atom. The van der Waals surface area contributed by atoms with Crippen molar-refractivity contribution in [2.24, 2.45) is 5.73 Å². The summed E-state index contributed by atoms with van der Waals surface area (Å²) in [7, 11) is 0. The molecule has 0 heterocycles. The third kappa shape index (κ3) is 2.46. The smallest absolute Gasteiger partial charge is 0.161 e. The SMILES string of the molecule is CCOc1cc2c(cc1OCC)[C@H](N)CCC2C. The summed E-state index contributed by atoms with van der Waals surface area (Å²) in [6, 6.07) is 4.32. The minimum Gasteiger partial charge on any atom is -0.490 e. The molecule has 1 unspecified atom stereocenters. The van der Waals surface area contributed by atoms with Crippen LogP contribution in [0.4, 0.5) is 0 Å². The summed E-state index contributed by atoms with van der Waals surface area (Å²) >= 11 is 0. The van der Waals surface area contributed by atoms with Crippen LogP contribution in [0.2, 0.25) is 0 Å². The lowest BCUT2D eigenvalue weighted by Gasteiger charge is -2.28. The Labute approximate surface area is 109 Å². The van der Waals surface area contributed by atoms with Crippen LogP contribution in [-0.4, -0.2) is 13.2 Å². The predicted molar refractivity (Wildman–Crippen MR) is 73.4 cm³/mol. The molecule has 0 bridgehead atoms. The van der Waals surface area contributed by atoms with Crippen molar-refractivity contribution in [3.05, 3.63) is 23.3 Å². The Morgan fingerprint density at radius 3 is 2.17 bits per heavy atom. The van der Waals surface area contributed by atoms with E-state index in [0.29, 0.717) is 19.1 Å². The van der Waals surface area contributed by atoms with E-state index in [0.717, 1.165) is 24.3 Å². The van der Waals surface area contributed by atoms with E-state index >= 15 is 0 Å². The molecule has 2 atom stereocenters. The Balaban J connectivity index is 2.45. The van der Waals surface area contributed by atoms with Gasteiger partial charge in [-0.2, -0.15) is 0 Å². The van der Waals surface area contributed by atoms with Gasteiger partial charge in [-0.3, -0.25) is 0 Å². The fraction of sp³-hybridized carbons (Fsp3) is 0.600. The van der Waals surface area contributed by atoms with Crippen molar-refractivity contribution < 1.29 is 9.47 Å². The van der Waals surface area contributed by atoms with E-state index in [2.05, 4.69) is 19.1 Å². The molecule has 0 fully saturated rings. The first-order valence-corrected chi connectivity index (χ1v) is 6.86. The van der Waals surface area contributed by atoms with Gasteiger partial charge in [0.2, 0.25) is 0 Å². The first-order valence-electron chi connectivity index (χ1n) is 6.86. The summed E-state index contributed by atoms with van der Waals surface area (Å²) in [5, 5.41) is 0. The van der Waals surface area contributed by atoms with Gasteiger partial charge in [-0.1, -0.05) is 6.92 Å². The van der Waals surface area contributed by atoms with Crippen molar-refractivity contribution in [1.29, 1.82) is 0 Å². The standard InChI is InChI=1S/C15H23NO2/c1-4-17-14-8-11-10(3)6-7-13(16)12(11)9-15(14)18-5-2/h8-10,13H,4-7,16H2,1-3H3/t10?,13-/m1/s1. The van der Waals surface area contributed by atoms with Crippen molar-refractivity contribution in [3.63, 3.8) is 0 Å². The van der Waals surface area contributed by atoms with E-state index in [4.69, 9.17) is 15.2 Å². The second-order valence-corrected chi connectivity index (χ2v) is 4.88. The zero-order valence-electron chi connectivity index (χ0n) is 11.5. The molecule has 0 aliphatic heterocycles. The van der Waals surface area contributed by atoms with Crippen molar-refractivity contribution in [2.45, 2.75) is 45.6 Å². The highest BCUT2D eigenvalue weighted by atomic mass is 16.5. The lowest BCUT2D eigenvalue weighted by atomic mass is 9.81. The molecule has 1 aromatic carbocycles. The summed E-state index contributed by atoms with van der Waals surface area (Å²) in [6.07, 6.45) is 2.20. The summed E-state index contributed by atoms with van der Waals surface area (Å²) in [5.41, 5.74) is 8.74. The van der Waals surface area contributed by atoms with Crippen molar-refractivity contribution in [2.75, 3.05) is 13.2 Å². The summed E-state index contributed by atoms with van der Waals surface area (Å²) in [4.78, 5) is 0. The van der Waals surface area contributed by atoms with Gasteiger partial charge in [0.25, 0.3) is 0 Å². The van der Waals surface area contributed by atoms with Gasteiger partial charge in [0.05, 0.1) is 13.2 Å². The number of benzene rings is 1. The van der Waals surface area contributed by atoms with Crippen molar-refractivity contribution in [1.82, 2.24) is 0 Å². The molecule has 0 saturated carbocycles. The van der Waals surface area contributed by atoms with Gasteiger partial charge in [-0.25, -0.2) is 0 Å². The normalized spacial score (nSPS) is 22.4. The quantitative estimate of drug-likeness (QED) is 0.889. The van der Waals surface area contributed by atoms with Gasteiger partial charge in [-0.05, 0) is 55.9 Å². The molecular weight excluding hydrogens is 226 g/mol. The Bertz CT molecular complexity index is 378. The van der Waals surface area contributed by atoms with Gasteiger partial charge < -0.3 is 15.2 Å². The maximum Gasteiger partial charge on any atom is 0.161 e. The second kappa shape index (κ2) is 5.61. The molecule has 1 aliphatic rings. The molecule has 0 spiro atoms. The molecule has 3 nitrogen and oxygen atoms in total. The predicted octanol–water partition coefficient (Wildman–Crippen LogP) is 3.38. The molecule has 0 aromatic heterocycles. The van der Waals surface area contributed by atoms with Crippen LogP contribution in [0.15, 0.2) is 12.1 Å². The van der Waals surface area contributed by atoms with E-state index in [1.165, 1.54) is 11.1 Å². The molecule has 100 valence electrons. The van der Waals surface area contributed by atoms with Gasteiger partial charge in [0.15, 0.2) is 11.5 Å². The van der Waals surface area contributed by atoms with E-state index in [-0.39, 0.29) is 6.04 Å². The number of ether oxygens (including phenoxy) is 2. The molecular formula is C15H23NO2. The average molecular weight is 249 g/mol. The number of fused-ring (bicyclic) bond motifs is 1. The molecule has 3 heteroatoms. The van der Waals surface area contributed by atoms with Crippen LogP contribution in [-0.2, 0) is 0 Å². The fourth-order valence-electron chi connectivity index (χ4n) is 2.62. The van der Waals surface area contributed by atoms with E-state index in [1.807, 2.05) is 13.8 Å². The monoisotopic (exact) mass is 249 g/mol. The molecule has 1 aromatic rings. The first kappa shape index (κ1) is 13.2. The number of rotatable bonds is 4. The van der Waals surface area contributed by atoms with Crippen LogP contribution < -0.4 is 15.2 Å². The highest BCUT2D eigenvalue weighted by Crippen LogP contribution is 2.42. The molecule has 0 saturated heterocycles. The average Bonchev–Trinajstić information content (AvgIpc) is 2.36. The van der Waals surface area contributed by atoms with E-state index in [1.54, 1.807) is 0 Å². The number of hydrogen-bond acceptors (Lipinski definition) is 3. The maximum atomic E-state index is 6.20. The zero-order valence-corrected chi connectivity index (χ0v) is 11.5. The van der Waals surface area contributed by atoms with E-state index in [9.17, 15) is 0 Å². The van der Waals surface area contributed by atoms with Crippen molar-refractivity contribution >= 4 is 0 Å². The number of hydrogen-bond donors (Lipinski definition) is 1. The highest BCUT2D eigenvalue weighted by Gasteiger charge is 2.24. The van der Waals surface area contributed by atoms with Crippen LogP contribution in [0.1, 0.15) is 56.7 Å². The Kier molecular flexibility index (Phi) is 4.12. The fourth-order valence-corrected chi connectivity index (χ4v) is 2.62. The topological polar surface area (TPSA) is 44.5 Å². The van der Waals surface area contributed by atoms with Gasteiger partial charge >= 0.3 is 0 Å². The highest BCUT2D eigenvalue weighted by molar-refractivity contribution is 5.50. The third-order valence-electron chi connectivity index (χ3n) is 3.59. The molecule has 0 radical (unpaired) electrons. The largest absolute Gasteiger partial charge is 0.490 e. The maximum absolute atomic E-state index is 6.20. The lowest BCUT2D eigenvalue weighted by Crippen LogP contribution is -2.19. The van der Waals surface area contributed by atoms with Gasteiger partial charge in [0, 0.05) is 6.04 Å². The molecule has 18 heavy (non-hydrogen) atoms. The van der Waals surface area contributed by atoms with Gasteiger partial charge in [-0.15, -0.1) is 0 Å².